The van der Waals surface area contributed by atoms with Crippen molar-refractivity contribution < 1.29 is 28.3 Å². The maximum Gasteiger partial charge on any atom is 0.311 e. The third-order valence-corrected chi connectivity index (χ3v) is 4.57. The lowest BCUT2D eigenvalue weighted by Gasteiger charge is -2.05. The maximum atomic E-state index is 12.6. The number of nitrogens with zero attached hydrogens (tertiary/aromatic N) is 1. The van der Waals surface area contributed by atoms with Gasteiger partial charge >= 0.3 is 5.97 Å². The number of esters is 1. The summed E-state index contributed by atoms with van der Waals surface area (Å²) in [7, 11) is 1.59. The molecular formula is C22H16ClNO6. The van der Waals surface area contributed by atoms with Gasteiger partial charge in [-0.1, -0.05) is 28.9 Å². The standard InChI is InChI=1S/C22H16ClNO6/c1-27-14-4-2-13(3-5-14)10-19-22(26)17-8-6-15(11-18(17)29-19)28-21(25)9-7-16-12-20(23)24-30-16/h2-6,8,10-12H,7,9H2,1H3/b19-10-. The lowest BCUT2D eigenvalue weighted by Crippen LogP contribution is -2.08. The number of ketones is 1. The van der Waals surface area contributed by atoms with E-state index < -0.39 is 5.97 Å². The number of carbonyl (C=O) groups is 2. The van der Waals surface area contributed by atoms with Gasteiger partial charge in [-0.25, -0.2) is 0 Å². The Balaban J connectivity index is 1.42. The van der Waals surface area contributed by atoms with Gasteiger partial charge in [0, 0.05) is 18.6 Å². The van der Waals surface area contributed by atoms with E-state index in [1.165, 1.54) is 6.07 Å². The number of Topliss-reactive ketones (excluding diaryl/α,β-unsaturated/α-hetero) is 1. The summed E-state index contributed by atoms with van der Waals surface area (Å²) in [6.07, 6.45) is 2.05. The quantitative estimate of drug-likeness (QED) is 0.326. The summed E-state index contributed by atoms with van der Waals surface area (Å²) >= 11 is 5.68. The van der Waals surface area contributed by atoms with Gasteiger partial charge in [0.15, 0.2) is 10.9 Å². The molecule has 30 heavy (non-hydrogen) atoms. The monoisotopic (exact) mass is 425 g/mol. The largest absolute Gasteiger partial charge is 0.497 e. The number of fused-ring (bicyclic) bond motifs is 1. The molecule has 0 bridgehead atoms. The van der Waals surface area contributed by atoms with Crippen LogP contribution in [0, 0.1) is 0 Å². The SMILES string of the molecule is COc1ccc(/C=C2\Oc3cc(OC(=O)CCc4cc(Cl)no4)ccc3C2=O)cc1. The van der Waals surface area contributed by atoms with Gasteiger partial charge < -0.3 is 18.7 Å². The third-order valence-electron chi connectivity index (χ3n) is 4.39. The normalized spacial score (nSPS) is 13.8. The van der Waals surface area contributed by atoms with Crippen LogP contribution in [-0.2, 0) is 11.2 Å². The van der Waals surface area contributed by atoms with E-state index in [4.69, 9.17) is 30.3 Å². The summed E-state index contributed by atoms with van der Waals surface area (Å²) < 4.78 is 21.1. The highest BCUT2D eigenvalue weighted by Gasteiger charge is 2.28. The number of halogens is 1. The minimum atomic E-state index is -0.458. The molecular weight excluding hydrogens is 410 g/mol. The minimum absolute atomic E-state index is 0.0883. The van der Waals surface area contributed by atoms with Crippen LogP contribution in [0.25, 0.3) is 6.08 Å². The molecule has 0 unspecified atom stereocenters. The molecule has 0 radical (unpaired) electrons. The van der Waals surface area contributed by atoms with Gasteiger partial charge in [0.05, 0.1) is 19.1 Å². The summed E-state index contributed by atoms with van der Waals surface area (Å²) in [5, 5.41) is 3.78. The first kappa shape index (κ1) is 19.7. The summed E-state index contributed by atoms with van der Waals surface area (Å²) in [5.74, 6) is 1.34. The fourth-order valence-electron chi connectivity index (χ4n) is 2.90. The van der Waals surface area contributed by atoms with Crippen molar-refractivity contribution >= 4 is 29.4 Å². The molecule has 2 aromatic carbocycles. The van der Waals surface area contributed by atoms with Crippen molar-refractivity contribution in [1.82, 2.24) is 5.16 Å². The lowest BCUT2D eigenvalue weighted by atomic mass is 10.1. The zero-order chi connectivity index (χ0) is 21.1. The molecule has 1 aromatic heterocycles. The predicted octanol–water partition coefficient (Wildman–Crippen LogP) is 4.49. The number of methoxy groups -OCH3 is 1. The van der Waals surface area contributed by atoms with Gasteiger partial charge in [0.1, 0.15) is 23.0 Å². The molecule has 0 aliphatic carbocycles. The Hall–Kier alpha value is -3.58. The molecule has 1 aliphatic heterocycles. The lowest BCUT2D eigenvalue weighted by molar-refractivity contribution is -0.134. The second kappa shape index (κ2) is 8.42. The van der Waals surface area contributed by atoms with E-state index in [-0.39, 0.29) is 28.9 Å². The zero-order valence-corrected chi connectivity index (χ0v) is 16.6. The van der Waals surface area contributed by atoms with Crippen LogP contribution < -0.4 is 14.2 Å². The molecule has 7 nitrogen and oxygen atoms in total. The number of carbonyl (C=O) groups excluding carboxylic acids is 2. The molecule has 0 spiro atoms. The minimum Gasteiger partial charge on any atom is -0.497 e. The van der Waals surface area contributed by atoms with Gasteiger partial charge in [0.2, 0.25) is 5.78 Å². The molecule has 3 aromatic rings. The molecule has 2 heterocycles. The van der Waals surface area contributed by atoms with Crippen molar-refractivity contribution in [3.63, 3.8) is 0 Å². The van der Waals surface area contributed by atoms with Crippen molar-refractivity contribution in [1.29, 1.82) is 0 Å². The van der Waals surface area contributed by atoms with Crippen molar-refractivity contribution in [2.24, 2.45) is 0 Å². The topological polar surface area (TPSA) is 87.9 Å². The van der Waals surface area contributed by atoms with Crippen molar-refractivity contribution in [3.8, 4) is 17.2 Å². The van der Waals surface area contributed by atoms with E-state index >= 15 is 0 Å². The van der Waals surface area contributed by atoms with Gasteiger partial charge in [-0.15, -0.1) is 0 Å². The summed E-state index contributed by atoms with van der Waals surface area (Å²) in [4.78, 5) is 24.6. The smallest absolute Gasteiger partial charge is 0.311 e. The fraction of sp³-hybridized carbons (Fsp3) is 0.136. The van der Waals surface area contributed by atoms with Crippen molar-refractivity contribution in [2.45, 2.75) is 12.8 Å². The van der Waals surface area contributed by atoms with E-state index in [2.05, 4.69) is 5.16 Å². The van der Waals surface area contributed by atoms with Crippen LogP contribution in [0.2, 0.25) is 5.15 Å². The van der Waals surface area contributed by atoms with Gasteiger partial charge in [0.25, 0.3) is 0 Å². The molecule has 4 rings (SSSR count). The average molecular weight is 426 g/mol. The average Bonchev–Trinajstić information content (AvgIpc) is 3.30. The van der Waals surface area contributed by atoms with Crippen molar-refractivity contribution in [3.05, 3.63) is 76.3 Å². The number of aryl methyl sites for hydroxylation is 1. The van der Waals surface area contributed by atoms with Crippen LogP contribution in [0.3, 0.4) is 0 Å². The highest BCUT2D eigenvalue weighted by molar-refractivity contribution is 6.29. The Bertz CT molecular complexity index is 1130. The van der Waals surface area contributed by atoms with Crippen LogP contribution in [0.1, 0.15) is 28.1 Å². The van der Waals surface area contributed by atoms with E-state index in [9.17, 15) is 9.59 Å². The van der Waals surface area contributed by atoms with E-state index in [0.29, 0.717) is 23.5 Å². The predicted molar refractivity (Wildman–Crippen MR) is 108 cm³/mol. The highest BCUT2D eigenvalue weighted by atomic mass is 35.5. The van der Waals surface area contributed by atoms with E-state index in [0.717, 1.165) is 11.3 Å². The van der Waals surface area contributed by atoms with Crippen LogP contribution in [0.4, 0.5) is 0 Å². The molecule has 0 amide bonds. The second-order valence-electron chi connectivity index (χ2n) is 6.46. The molecule has 1 aliphatic rings. The number of hydrogen-bond acceptors (Lipinski definition) is 7. The van der Waals surface area contributed by atoms with E-state index in [1.54, 1.807) is 43.5 Å². The van der Waals surface area contributed by atoms with E-state index in [1.807, 2.05) is 12.1 Å². The summed E-state index contributed by atoms with van der Waals surface area (Å²) in [6.45, 7) is 0. The number of allylic oxidation sites excluding steroid dienone is 1. The fourth-order valence-corrected chi connectivity index (χ4v) is 3.05. The number of aromatic nitrogens is 1. The Morgan fingerprint density at radius 2 is 1.90 bits per heavy atom. The van der Waals surface area contributed by atoms with Gasteiger partial charge in [-0.05, 0) is 35.9 Å². The Morgan fingerprint density at radius 3 is 2.60 bits per heavy atom. The highest BCUT2D eigenvalue weighted by Crippen LogP contribution is 2.35. The molecule has 0 saturated carbocycles. The number of benzene rings is 2. The number of hydrogen-bond donors (Lipinski definition) is 0. The Labute approximate surface area is 176 Å². The van der Waals surface area contributed by atoms with Gasteiger partial charge in [-0.2, -0.15) is 0 Å². The molecule has 0 N–H and O–H groups in total. The first-order valence-electron chi connectivity index (χ1n) is 9.06. The maximum absolute atomic E-state index is 12.6. The number of rotatable bonds is 6. The van der Waals surface area contributed by atoms with Crippen LogP contribution in [0.5, 0.6) is 17.2 Å². The molecule has 152 valence electrons. The first-order valence-corrected chi connectivity index (χ1v) is 9.44. The molecule has 0 fully saturated rings. The second-order valence-corrected chi connectivity index (χ2v) is 6.85. The number of ether oxygens (including phenoxy) is 3. The molecule has 0 atom stereocenters. The summed E-state index contributed by atoms with van der Waals surface area (Å²) in [6, 6.07) is 13.4. The van der Waals surface area contributed by atoms with Gasteiger partial charge in [-0.3, -0.25) is 9.59 Å². The Kier molecular flexibility index (Phi) is 5.54. The third kappa shape index (κ3) is 4.36. The van der Waals surface area contributed by atoms with Crippen LogP contribution in [0.15, 0.2) is 58.8 Å². The summed E-state index contributed by atoms with van der Waals surface area (Å²) in [5.41, 5.74) is 1.21. The van der Waals surface area contributed by atoms with Crippen LogP contribution >= 0.6 is 11.6 Å². The van der Waals surface area contributed by atoms with Crippen LogP contribution in [-0.4, -0.2) is 24.0 Å². The molecule has 8 heteroatoms. The Morgan fingerprint density at radius 1 is 1.13 bits per heavy atom. The molecule has 0 saturated heterocycles. The van der Waals surface area contributed by atoms with Crippen molar-refractivity contribution in [2.75, 3.05) is 7.11 Å². The first-order chi connectivity index (χ1) is 14.5. The zero-order valence-electron chi connectivity index (χ0n) is 15.9.